The largest absolute Gasteiger partial charge is 0.322 e. The van der Waals surface area contributed by atoms with Crippen molar-refractivity contribution in [2.45, 2.75) is 12.8 Å². The first kappa shape index (κ1) is 17.5. The van der Waals surface area contributed by atoms with Crippen LogP contribution in [0.3, 0.4) is 0 Å². The molecule has 3 aromatic rings. The molecule has 5 nitrogen and oxygen atoms in total. The van der Waals surface area contributed by atoms with Crippen molar-refractivity contribution in [2.75, 3.05) is 21.9 Å². The third-order valence-corrected chi connectivity index (χ3v) is 6.64. The van der Waals surface area contributed by atoms with Crippen LogP contribution in [0.25, 0.3) is 10.8 Å². The van der Waals surface area contributed by atoms with Crippen LogP contribution in [0.4, 0.5) is 11.4 Å². The SMILES string of the molecule is O=C(Nc1ccc(N2CCCCS2(=O)=O)cc1)c1ccc2ccccc2c1. The van der Waals surface area contributed by atoms with E-state index in [0.29, 0.717) is 29.9 Å². The summed E-state index contributed by atoms with van der Waals surface area (Å²) in [4.78, 5) is 12.5. The van der Waals surface area contributed by atoms with Crippen molar-refractivity contribution >= 4 is 38.1 Å². The Kier molecular flexibility index (Phi) is 4.58. The third-order valence-electron chi connectivity index (χ3n) is 4.77. The monoisotopic (exact) mass is 380 g/mol. The molecule has 1 N–H and O–H groups in total. The minimum Gasteiger partial charge on any atom is -0.322 e. The summed E-state index contributed by atoms with van der Waals surface area (Å²) >= 11 is 0. The Morgan fingerprint density at radius 1 is 0.889 bits per heavy atom. The summed E-state index contributed by atoms with van der Waals surface area (Å²) in [5, 5.41) is 4.96. The maximum absolute atomic E-state index is 12.5. The van der Waals surface area contributed by atoms with E-state index >= 15 is 0 Å². The first-order chi connectivity index (χ1) is 13.0. The molecule has 3 aromatic carbocycles. The predicted molar refractivity (Wildman–Crippen MR) is 109 cm³/mol. The highest BCUT2D eigenvalue weighted by atomic mass is 32.2. The van der Waals surface area contributed by atoms with Gasteiger partial charge in [-0.3, -0.25) is 9.10 Å². The molecule has 138 valence electrons. The summed E-state index contributed by atoms with van der Waals surface area (Å²) in [7, 11) is -3.23. The molecular formula is C21H20N2O3S. The summed E-state index contributed by atoms with van der Waals surface area (Å²) in [5.41, 5.74) is 1.85. The van der Waals surface area contributed by atoms with Crippen molar-refractivity contribution in [3.05, 3.63) is 72.3 Å². The third kappa shape index (κ3) is 3.66. The van der Waals surface area contributed by atoms with Crippen molar-refractivity contribution < 1.29 is 13.2 Å². The van der Waals surface area contributed by atoms with Crippen LogP contribution >= 0.6 is 0 Å². The summed E-state index contributed by atoms with van der Waals surface area (Å²) in [5.74, 6) is -0.00733. The fourth-order valence-corrected chi connectivity index (χ4v) is 4.96. The molecule has 0 unspecified atom stereocenters. The number of hydrogen-bond acceptors (Lipinski definition) is 3. The van der Waals surface area contributed by atoms with Gasteiger partial charge in [-0.1, -0.05) is 30.3 Å². The molecule has 1 heterocycles. The van der Waals surface area contributed by atoms with E-state index in [1.807, 2.05) is 36.4 Å². The van der Waals surface area contributed by atoms with Gasteiger partial charge in [-0.25, -0.2) is 8.42 Å². The van der Waals surface area contributed by atoms with Crippen LogP contribution in [-0.2, 0) is 10.0 Å². The van der Waals surface area contributed by atoms with Crippen molar-refractivity contribution in [3.63, 3.8) is 0 Å². The summed E-state index contributed by atoms with van der Waals surface area (Å²) in [6.07, 6.45) is 1.57. The van der Waals surface area contributed by atoms with Crippen LogP contribution in [0.1, 0.15) is 23.2 Å². The van der Waals surface area contributed by atoms with Gasteiger partial charge >= 0.3 is 0 Å². The van der Waals surface area contributed by atoms with Crippen LogP contribution in [0, 0.1) is 0 Å². The first-order valence-electron chi connectivity index (χ1n) is 8.94. The highest BCUT2D eigenvalue weighted by Gasteiger charge is 2.25. The van der Waals surface area contributed by atoms with Gasteiger partial charge in [0.2, 0.25) is 10.0 Å². The van der Waals surface area contributed by atoms with E-state index in [1.165, 1.54) is 4.31 Å². The Morgan fingerprint density at radius 3 is 2.37 bits per heavy atom. The zero-order valence-electron chi connectivity index (χ0n) is 14.8. The number of fused-ring (bicyclic) bond motifs is 1. The Balaban J connectivity index is 1.51. The number of hydrogen-bond donors (Lipinski definition) is 1. The molecule has 0 spiro atoms. The molecule has 0 aromatic heterocycles. The topological polar surface area (TPSA) is 66.5 Å². The van der Waals surface area contributed by atoms with Gasteiger partial charge in [0.1, 0.15) is 0 Å². The average Bonchev–Trinajstić information content (AvgIpc) is 2.68. The number of carbonyl (C=O) groups excluding carboxylic acids is 1. The Hall–Kier alpha value is -2.86. The summed E-state index contributed by atoms with van der Waals surface area (Å²) in [6, 6.07) is 20.4. The quantitative estimate of drug-likeness (QED) is 0.746. The average molecular weight is 380 g/mol. The minimum atomic E-state index is -3.23. The molecule has 4 rings (SSSR count). The molecule has 1 fully saturated rings. The van der Waals surface area contributed by atoms with E-state index in [0.717, 1.165) is 17.2 Å². The van der Waals surface area contributed by atoms with E-state index in [-0.39, 0.29) is 11.7 Å². The number of rotatable bonds is 3. The fraction of sp³-hybridized carbons (Fsp3) is 0.190. The molecule has 1 amide bonds. The number of carbonyl (C=O) groups is 1. The molecule has 27 heavy (non-hydrogen) atoms. The number of benzene rings is 3. The molecule has 1 aliphatic rings. The maximum Gasteiger partial charge on any atom is 0.255 e. The van der Waals surface area contributed by atoms with E-state index in [9.17, 15) is 13.2 Å². The number of sulfonamides is 1. The highest BCUT2D eigenvalue weighted by molar-refractivity contribution is 7.92. The molecule has 6 heteroatoms. The molecule has 1 saturated heterocycles. The van der Waals surface area contributed by atoms with Crippen molar-refractivity contribution in [1.29, 1.82) is 0 Å². The van der Waals surface area contributed by atoms with E-state index in [1.54, 1.807) is 30.3 Å². The van der Waals surface area contributed by atoms with Gasteiger partial charge in [-0.2, -0.15) is 0 Å². The second kappa shape index (κ2) is 7.04. The fourth-order valence-electron chi connectivity index (χ4n) is 3.32. The van der Waals surface area contributed by atoms with Crippen LogP contribution in [0.15, 0.2) is 66.7 Å². The molecule has 0 radical (unpaired) electrons. The predicted octanol–water partition coefficient (Wildman–Crippen LogP) is 4.02. The molecule has 0 saturated carbocycles. The summed E-state index contributed by atoms with van der Waals surface area (Å²) in [6.45, 7) is 0.505. The lowest BCUT2D eigenvalue weighted by atomic mass is 10.1. The van der Waals surface area contributed by atoms with Crippen molar-refractivity contribution in [2.24, 2.45) is 0 Å². The molecule has 0 bridgehead atoms. The number of anilines is 2. The van der Waals surface area contributed by atoms with Crippen LogP contribution in [-0.4, -0.2) is 26.6 Å². The lowest BCUT2D eigenvalue weighted by molar-refractivity contribution is 0.102. The van der Waals surface area contributed by atoms with Gasteiger partial charge in [-0.05, 0) is 60.0 Å². The van der Waals surface area contributed by atoms with Crippen molar-refractivity contribution in [1.82, 2.24) is 0 Å². The standard InChI is InChI=1S/C21H20N2O3S/c24-21(18-8-7-16-5-1-2-6-17(16)15-18)22-19-9-11-20(12-10-19)23-13-3-4-14-27(23,25)26/h1-2,5-12,15H,3-4,13-14H2,(H,22,24). The van der Waals surface area contributed by atoms with Crippen LogP contribution in [0.5, 0.6) is 0 Å². The molecular weight excluding hydrogens is 360 g/mol. The molecule has 1 aliphatic heterocycles. The zero-order valence-corrected chi connectivity index (χ0v) is 15.6. The number of amides is 1. The minimum absolute atomic E-state index is 0.188. The Labute approximate surface area is 158 Å². The van der Waals surface area contributed by atoms with Gasteiger partial charge in [0.15, 0.2) is 0 Å². The van der Waals surface area contributed by atoms with Crippen LogP contribution in [0.2, 0.25) is 0 Å². The smallest absolute Gasteiger partial charge is 0.255 e. The first-order valence-corrected chi connectivity index (χ1v) is 10.5. The zero-order chi connectivity index (χ0) is 18.9. The molecule has 0 aliphatic carbocycles. The van der Waals surface area contributed by atoms with Gasteiger partial charge < -0.3 is 5.32 Å². The highest BCUT2D eigenvalue weighted by Crippen LogP contribution is 2.25. The maximum atomic E-state index is 12.5. The summed E-state index contributed by atoms with van der Waals surface area (Å²) < 4.78 is 25.8. The van der Waals surface area contributed by atoms with Gasteiger partial charge in [0.05, 0.1) is 11.4 Å². The second-order valence-electron chi connectivity index (χ2n) is 6.66. The van der Waals surface area contributed by atoms with E-state index in [4.69, 9.17) is 0 Å². The normalized spacial score (nSPS) is 16.2. The van der Waals surface area contributed by atoms with Crippen molar-refractivity contribution in [3.8, 4) is 0 Å². The second-order valence-corrected chi connectivity index (χ2v) is 8.67. The molecule has 0 atom stereocenters. The lowest BCUT2D eigenvalue weighted by Gasteiger charge is -2.28. The Bertz CT molecular complexity index is 1090. The van der Waals surface area contributed by atoms with Gasteiger partial charge in [-0.15, -0.1) is 0 Å². The Morgan fingerprint density at radius 2 is 1.63 bits per heavy atom. The number of nitrogens with zero attached hydrogens (tertiary/aromatic N) is 1. The lowest BCUT2D eigenvalue weighted by Crippen LogP contribution is -2.37. The van der Waals surface area contributed by atoms with E-state index < -0.39 is 10.0 Å². The van der Waals surface area contributed by atoms with Gasteiger partial charge in [0.25, 0.3) is 5.91 Å². The van der Waals surface area contributed by atoms with Crippen LogP contribution < -0.4 is 9.62 Å². The van der Waals surface area contributed by atoms with E-state index in [2.05, 4.69) is 5.32 Å². The number of nitrogens with one attached hydrogen (secondary N) is 1. The van der Waals surface area contributed by atoms with Gasteiger partial charge in [0, 0.05) is 17.8 Å².